The van der Waals surface area contributed by atoms with Gasteiger partial charge in [0.1, 0.15) is 5.82 Å². The highest BCUT2D eigenvalue weighted by Crippen LogP contribution is 2.31. The summed E-state index contributed by atoms with van der Waals surface area (Å²) in [5.41, 5.74) is 4.87. The molecule has 0 aliphatic rings. The Morgan fingerprint density at radius 2 is 2.00 bits per heavy atom. The Morgan fingerprint density at radius 3 is 2.61 bits per heavy atom. The Morgan fingerprint density at radius 1 is 1.28 bits per heavy atom. The van der Waals surface area contributed by atoms with Crippen LogP contribution in [-0.2, 0) is 6.42 Å². The van der Waals surface area contributed by atoms with Gasteiger partial charge >= 0.3 is 0 Å². The molecule has 96 valence electrons. The minimum atomic E-state index is 1.01. The van der Waals surface area contributed by atoms with E-state index in [0.29, 0.717) is 0 Å². The van der Waals surface area contributed by atoms with Gasteiger partial charge < -0.3 is 5.32 Å². The largest absolute Gasteiger partial charge is 0.373 e. The highest BCUT2D eigenvalue weighted by Gasteiger charge is 2.10. The normalized spacial score (nSPS) is 10.9. The molecule has 1 N–H and O–H groups in total. The van der Waals surface area contributed by atoms with Crippen molar-refractivity contribution in [2.75, 3.05) is 12.4 Å². The second-order valence-electron chi connectivity index (χ2n) is 4.70. The fourth-order valence-corrected chi connectivity index (χ4v) is 2.67. The maximum atomic E-state index is 4.74. The van der Waals surface area contributed by atoms with E-state index in [-0.39, 0.29) is 0 Å². The molecule has 0 saturated carbocycles. The first kappa shape index (κ1) is 13.3. The highest BCUT2D eigenvalue weighted by molar-refractivity contribution is 9.10. The molecule has 0 atom stereocenters. The third-order valence-electron chi connectivity index (χ3n) is 3.32. The van der Waals surface area contributed by atoms with Gasteiger partial charge in [0, 0.05) is 16.9 Å². The Labute approximate surface area is 117 Å². The van der Waals surface area contributed by atoms with E-state index in [4.69, 9.17) is 4.98 Å². The monoisotopic (exact) mass is 306 g/mol. The van der Waals surface area contributed by atoms with Crippen LogP contribution in [0.2, 0.25) is 0 Å². The first-order valence-corrected chi connectivity index (χ1v) is 7.14. The lowest BCUT2D eigenvalue weighted by Gasteiger charge is -2.13. The van der Waals surface area contributed by atoms with E-state index >= 15 is 0 Å². The molecular weight excluding hydrogens is 288 g/mol. The first-order valence-electron chi connectivity index (χ1n) is 6.35. The number of halogens is 1. The second-order valence-corrected chi connectivity index (χ2v) is 5.49. The van der Waals surface area contributed by atoms with E-state index in [0.717, 1.165) is 24.2 Å². The SMILES string of the molecule is CCCc1cc2c(C)c(Br)c(C)cc2nc1NC. The number of benzene rings is 1. The maximum Gasteiger partial charge on any atom is 0.129 e. The van der Waals surface area contributed by atoms with Crippen molar-refractivity contribution in [2.24, 2.45) is 0 Å². The van der Waals surface area contributed by atoms with Gasteiger partial charge in [0.05, 0.1) is 5.52 Å². The van der Waals surface area contributed by atoms with Crippen molar-refractivity contribution >= 4 is 32.7 Å². The summed E-state index contributed by atoms with van der Waals surface area (Å²) in [4.78, 5) is 4.74. The van der Waals surface area contributed by atoms with Crippen LogP contribution >= 0.6 is 15.9 Å². The summed E-state index contributed by atoms with van der Waals surface area (Å²) in [5.74, 6) is 1.01. The molecule has 0 bridgehead atoms. The van der Waals surface area contributed by atoms with Gasteiger partial charge in [-0.05, 0) is 49.1 Å². The Hall–Kier alpha value is -1.09. The number of aromatic nitrogens is 1. The van der Waals surface area contributed by atoms with Crippen LogP contribution in [0.15, 0.2) is 16.6 Å². The molecule has 2 nitrogen and oxygen atoms in total. The van der Waals surface area contributed by atoms with Gasteiger partial charge in [0.15, 0.2) is 0 Å². The molecule has 0 aliphatic carbocycles. The summed E-state index contributed by atoms with van der Waals surface area (Å²) in [6.07, 6.45) is 2.19. The molecule has 1 aromatic heterocycles. The molecule has 1 heterocycles. The van der Waals surface area contributed by atoms with Gasteiger partial charge in [0.2, 0.25) is 0 Å². The Balaban J connectivity index is 2.75. The summed E-state index contributed by atoms with van der Waals surface area (Å²) in [6.45, 7) is 6.45. The van der Waals surface area contributed by atoms with E-state index in [2.05, 4.69) is 54.2 Å². The second kappa shape index (κ2) is 5.27. The molecule has 0 radical (unpaired) electrons. The zero-order valence-electron chi connectivity index (χ0n) is 11.4. The Bertz CT molecular complexity index is 591. The van der Waals surface area contributed by atoms with Gasteiger partial charge in [-0.25, -0.2) is 4.98 Å². The highest BCUT2D eigenvalue weighted by atomic mass is 79.9. The number of nitrogens with zero attached hydrogens (tertiary/aromatic N) is 1. The summed E-state index contributed by atoms with van der Waals surface area (Å²) >= 11 is 3.66. The molecule has 3 heteroatoms. The fraction of sp³-hybridized carbons (Fsp3) is 0.400. The summed E-state index contributed by atoms with van der Waals surface area (Å²) < 4.78 is 1.19. The van der Waals surface area contributed by atoms with Crippen molar-refractivity contribution < 1.29 is 0 Å². The molecule has 0 saturated heterocycles. The summed E-state index contributed by atoms with van der Waals surface area (Å²) in [7, 11) is 1.94. The third-order valence-corrected chi connectivity index (χ3v) is 4.54. The number of hydrogen-bond acceptors (Lipinski definition) is 2. The first-order chi connectivity index (χ1) is 8.58. The van der Waals surface area contributed by atoms with E-state index in [1.807, 2.05) is 7.05 Å². The average molecular weight is 307 g/mol. The van der Waals surface area contributed by atoms with E-state index in [1.54, 1.807) is 0 Å². The molecule has 0 spiro atoms. The van der Waals surface area contributed by atoms with E-state index < -0.39 is 0 Å². The zero-order chi connectivity index (χ0) is 13.3. The minimum Gasteiger partial charge on any atom is -0.373 e. The van der Waals surface area contributed by atoms with Crippen molar-refractivity contribution in [2.45, 2.75) is 33.6 Å². The van der Waals surface area contributed by atoms with Gasteiger partial charge in [-0.1, -0.05) is 29.3 Å². The molecule has 2 aromatic rings. The lowest BCUT2D eigenvalue weighted by atomic mass is 10.0. The third kappa shape index (κ3) is 2.24. The summed E-state index contributed by atoms with van der Waals surface area (Å²) in [6, 6.07) is 4.42. The van der Waals surface area contributed by atoms with Gasteiger partial charge in [0.25, 0.3) is 0 Å². The number of pyridine rings is 1. The molecule has 2 rings (SSSR count). The van der Waals surface area contributed by atoms with Crippen LogP contribution in [0.1, 0.15) is 30.0 Å². The standard InChI is InChI=1S/C15H19BrN2/c1-5-6-11-8-12-10(3)14(16)9(2)7-13(12)18-15(11)17-4/h7-8H,5-6H2,1-4H3,(H,17,18). The van der Waals surface area contributed by atoms with Gasteiger partial charge in [-0.15, -0.1) is 0 Å². The van der Waals surface area contributed by atoms with Crippen molar-refractivity contribution in [3.05, 3.63) is 33.3 Å². The van der Waals surface area contributed by atoms with Crippen LogP contribution in [0.3, 0.4) is 0 Å². The van der Waals surface area contributed by atoms with E-state index in [1.165, 1.54) is 26.5 Å². The van der Waals surface area contributed by atoms with Crippen molar-refractivity contribution in [3.8, 4) is 0 Å². The zero-order valence-corrected chi connectivity index (χ0v) is 13.0. The Kier molecular flexibility index (Phi) is 3.91. The topological polar surface area (TPSA) is 24.9 Å². The lowest BCUT2D eigenvalue weighted by molar-refractivity contribution is 0.918. The van der Waals surface area contributed by atoms with Crippen LogP contribution in [0.4, 0.5) is 5.82 Å². The summed E-state index contributed by atoms with van der Waals surface area (Å²) in [5, 5.41) is 4.45. The average Bonchev–Trinajstić information content (AvgIpc) is 2.37. The number of hydrogen-bond donors (Lipinski definition) is 1. The molecule has 0 amide bonds. The predicted molar refractivity (Wildman–Crippen MR) is 82.5 cm³/mol. The van der Waals surface area contributed by atoms with Crippen molar-refractivity contribution in [1.82, 2.24) is 4.98 Å². The smallest absolute Gasteiger partial charge is 0.129 e. The van der Waals surface area contributed by atoms with Gasteiger partial charge in [-0.3, -0.25) is 0 Å². The molecule has 0 aliphatic heterocycles. The minimum absolute atomic E-state index is 1.01. The maximum absolute atomic E-state index is 4.74. The van der Waals surface area contributed by atoms with Crippen LogP contribution in [0.5, 0.6) is 0 Å². The molecular formula is C15H19BrN2. The fourth-order valence-electron chi connectivity index (χ4n) is 2.34. The molecule has 0 fully saturated rings. The van der Waals surface area contributed by atoms with E-state index in [9.17, 15) is 0 Å². The number of nitrogens with one attached hydrogen (secondary N) is 1. The molecule has 1 aromatic carbocycles. The van der Waals surface area contributed by atoms with Gasteiger partial charge in [-0.2, -0.15) is 0 Å². The van der Waals surface area contributed by atoms with Crippen molar-refractivity contribution in [3.63, 3.8) is 0 Å². The van der Waals surface area contributed by atoms with Crippen LogP contribution in [-0.4, -0.2) is 12.0 Å². The van der Waals surface area contributed by atoms with Crippen molar-refractivity contribution in [1.29, 1.82) is 0 Å². The number of fused-ring (bicyclic) bond motifs is 1. The predicted octanol–water partition coefficient (Wildman–Crippen LogP) is 4.61. The van der Waals surface area contributed by atoms with Crippen LogP contribution in [0.25, 0.3) is 10.9 Å². The number of anilines is 1. The quantitative estimate of drug-likeness (QED) is 0.896. The number of rotatable bonds is 3. The molecule has 18 heavy (non-hydrogen) atoms. The van der Waals surface area contributed by atoms with Crippen LogP contribution < -0.4 is 5.32 Å². The van der Waals surface area contributed by atoms with Crippen LogP contribution in [0, 0.1) is 13.8 Å². The molecule has 0 unspecified atom stereocenters. The number of aryl methyl sites for hydroxylation is 3. The lowest BCUT2D eigenvalue weighted by Crippen LogP contribution is -2.00.